The maximum absolute atomic E-state index is 11.7. The normalized spacial score (nSPS) is 11.7. The molecule has 0 bridgehead atoms. The maximum atomic E-state index is 11.7. The van der Waals surface area contributed by atoms with E-state index >= 15 is 0 Å². The first-order valence-corrected chi connectivity index (χ1v) is 6.70. The standard InChI is InChI=1S/C14H14BrN3O2/c1-20-12-4-2-3-9(5-12)13(14(16)19)18-11-6-10(15)7-17-8-11/h2-8,13,18H,1H3,(H2,16,19)/t13-/m1/s1. The highest BCUT2D eigenvalue weighted by atomic mass is 79.9. The van der Waals surface area contributed by atoms with Gasteiger partial charge < -0.3 is 15.8 Å². The number of carbonyl (C=O) groups is 1. The summed E-state index contributed by atoms with van der Waals surface area (Å²) in [4.78, 5) is 15.7. The number of hydrogen-bond acceptors (Lipinski definition) is 4. The van der Waals surface area contributed by atoms with Gasteiger partial charge in [0.2, 0.25) is 5.91 Å². The number of benzene rings is 1. The van der Waals surface area contributed by atoms with Crippen molar-refractivity contribution in [3.63, 3.8) is 0 Å². The Hall–Kier alpha value is -2.08. The molecular formula is C14H14BrN3O2. The van der Waals surface area contributed by atoms with Gasteiger partial charge in [0.05, 0.1) is 19.0 Å². The number of nitrogens with two attached hydrogens (primary N) is 1. The van der Waals surface area contributed by atoms with Crippen LogP contribution < -0.4 is 15.8 Å². The van der Waals surface area contributed by atoms with Gasteiger partial charge in [-0.1, -0.05) is 12.1 Å². The average molecular weight is 336 g/mol. The molecule has 0 saturated heterocycles. The van der Waals surface area contributed by atoms with Gasteiger partial charge in [0.1, 0.15) is 11.8 Å². The summed E-state index contributed by atoms with van der Waals surface area (Å²) in [5.41, 5.74) is 6.90. The number of rotatable bonds is 5. The van der Waals surface area contributed by atoms with Crippen molar-refractivity contribution in [1.82, 2.24) is 4.98 Å². The van der Waals surface area contributed by atoms with Crippen molar-refractivity contribution < 1.29 is 9.53 Å². The van der Waals surface area contributed by atoms with Crippen LogP contribution in [-0.2, 0) is 4.79 Å². The summed E-state index contributed by atoms with van der Waals surface area (Å²) in [6.45, 7) is 0. The predicted molar refractivity (Wildman–Crippen MR) is 80.5 cm³/mol. The topological polar surface area (TPSA) is 77.2 Å². The lowest BCUT2D eigenvalue weighted by molar-refractivity contribution is -0.118. The summed E-state index contributed by atoms with van der Waals surface area (Å²) in [5.74, 6) is 0.196. The molecule has 1 amide bonds. The lowest BCUT2D eigenvalue weighted by Gasteiger charge is -2.17. The smallest absolute Gasteiger partial charge is 0.244 e. The second-order valence-electron chi connectivity index (χ2n) is 4.15. The molecule has 2 aromatic rings. The second kappa shape index (κ2) is 6.38. The molecule has 6 heteroatoms. The molecule has 1 aromatic carbocycles. The first kappa shape index (κ1) is 14.3. The zero-order valence-electron chi connectivity index (χ0n) is 10.8. The third-order valence-electron chi connectivity index (χ3n) is 2.73. The van der Waals surface area contributed by atoms with Crippen LogP contribution in [-0.4, -0.2) is 18.0 Å². The molecule has 1 atom stereocenters. The average Bonchev–Trinajstić information content (AvgIpc) is 2.44. The van der Waals surface area contributed by atoms with Crippen molar-refractivity contribution in [3.8, 4) is 5.75 Å². The largest absolute Gasteiger partial charge is 0.497 e. The molecule has 5 nitrogen and oxygen atoms in total. The number of halogens is 1. The fraction of sp³-hybridized carbons (Fsp3) is 0.143. The van der Waals surface area contributed by atoms with E-state index in [-0.39, 0.29) is 0 Å². The molecule has 0 aliphatic heterocycles. The van der Waals surface area contributed by atoms with Gasteiger partial charge >= 0.3 is 0 Å². The number of methoxy groups -OCH3 is 1. The number of primary amides is 1. The van der Waals surface area contributed by atoms with Crippen LogP contribution in [0.3, 0.4) is 0 Å². The van der Waals surface area contributed by atoms with Gasteiger partial charge in [-0.25, -0.2) is 0 Å². The van der Waals surface area contributed by atoms with Gasteiger partial charge in [0.25, 0.3) is 0 Å². The summed E-state index contributed by atoms with van der Waals surface area (Å²) in [5, 5.41) is 3.06. The van der Waals surface area contributed by atoms with Gasteiger partial charge in [0.15, 0.2) is 0 Å². The van der Waals surface area contributed by atoms with Crippen molar-refractivity contribution in [2.75, 3.05) is 12.4 Å². The molecule has 0 saturated carbocycles. The molecule has 104 valence electrons. The number of amides is 1. The highest BCUT2D eigenvalue weighted by Crippen LogP contribution is 2.24. The van der Waals surface area contributed by atoms with E-state index in [1.807, 2.05) is 24.3 Å². The Morgan fingerprint density at radius 1 is 1.40 bits per heavy atom. The molecule has 0 aliphatic rings. The number of anilines is 1. The van der Waals surface area contributed by atoms with E-state index in [1.54, 1.807) is 25.6 Å². The van der Waals surface area contributed by atoms with Crippen LogP contribution in [0, 0.1) is 0 Å². The van der Waals surface area contributed by atoms with Gasteiger partial charge in [-0.15, -0.1) is 0 Å². The molecule has 0 aliphatic carbocycles. The van der Waals surface area contributed by atoms with Crippen molar-refractivity contribution in [2.24, 2.45) is 5.73 Å². The first-order chi connectivity index (χ1) is 9.60. The fourth-order valence-corrected chi connectivity index (χ4v) is 2.16. The van der Waals surface area contributed by atoms with Crippen LogP contribution in [0.4, 0.5) is 5.69 Å². The minimum atomic E-state index is -0.652. The van der Waals surface area contributed by atoms with Crippen LogP contribution >= 0.6 is 15.9 Å². The molecule has 0 radical (unpaired) electrons. The minimum absolute atomic E-state index is 0.474. The Morgan fingerprint density at radius 2 is 2.20 bits per heavy atom. The predicted octanol–water partition coefficient (Wildman–Crippen LogP) is 2.49. The summed E-state index contributed by atoms with van der Waals surface area (Å²) >= 11 is 3.33. The molecule has 1 aromatic heterocycles. The number of aromatic nitrogens is 1. The van der Waals surface area contributed by atoms with E-state index in [1.165, 1.54) is 0 Å². The summed E-state index contributed by atoms with van der Waals surface area (Å²) < 4.78 is 5.97. The molecular weight excluding hydrogens is 322 g/mol. The fourth-order valence-electron chi connectivity index (χ4n) is 1.80. The third-order valence-corrected chi connectivity index (χ3v) is 3.16. The molecule has 0 unspecified atom stereocenters. The molecule has 0 fully saturated rings. The number of hydrogen-bond donors (Lipinski definition) is 2. The van der Waals surface area contributed by atoms with E-state index in [2.05, 4.69) is 26.2 Å². The van der Waals surface area contributed by atoms with Crippen LogP contribution in [0.25, 0.3) is 0 Å². The Labute approximate surface area is 125 Å². The van der Waals surface area contributed by atoms with Crippen LogP contribution in [0.2, 0.25) is 0 Å². The quantitative estimate of drug-likeness (QED) is 0.879. The Bertz CT molecular complexity index is 619. The van der Waals surface area contributed by atoms with Gasteiger partial charge in [0, 0.05) is 10.7 Å². The number of nitrogens with one attached hydrogen (secondary N) is 1. The van der Waals surface area contributed by atoms with Crippen molar-refractivity contribution in [3.05, 3.63) is 52.8 Å². The van der Waals surface area contributed by atoms with Crippen LogP contribution in [0.5, 0.6) is 5.75 Å². The lowest BCUT2D eigenvalue weighted by Crippen LogP contribution is -2.27. The zero-order chi connectivity index (χ0) is 14.5. The van der Waals surface area contributed by atoms with Crippen molar-refractivity contribution in [2.45, 2.75) is 6.04 Å². The Balaban J connectivity index is 2.29. The Kier molecular flexibility index (Phi) is 4.57. The second-order valence-corrected chi connectivity index (χ2v) is 5.06. The van der Waals surface area contributed by atoms with Gasteiger partial charge in [-0.2, -0.15) is 0 Å². The van der Waals surface area contributed by atoms with E-state index in [9.17, 15) is 4.79 Å². The number of pyridine rings is 1. The molecule has 0 spiro atoms. The third kappa shape index (κ3) is 3.48. The van der Waals surface area contributed by atoms with E-state index in [4.69, 9.17) is 10.5 Å². The first-order valence-electron chi connectivity index (χ1n) is 5.90. The van der Waals surface area contributed by atoms with E-state index in [0.29, 0.717) is 11.4 Å². The zero-order valence-corrected chi connectivity index (χ0v) is 12.4. The Morgan fingerprint density at radius 3 is 2.85 bits per heavy atom. The number of nitrogens with zero attached hydrogens (tertiary/aromatic N) is 1. The highest BCUT2D eigenvalue weighted by molar-refractivity contribution is 9.10. The number of carbonyl (C=O) groups excluding carboxylic acids is 1. The SMILES string of the molecule is COc1cccc([C@@H](Nc2cncc(Br)c2)C(N)=O)c1. The maximum Gasteiger partial charge on any atom is 0.244 e. The number of ether oxygens (including phenoxy) is 1. The highest BCUT2D eigenvalue weighted by Gasteiger charge is 2.18. The van der Waals surface area contributed by atoms with Crippen LogP contribution in [0.15, 0.2) is 47.2 Å². The van der Waals surface area contributed by atoms with Gasteiger partial charge in [-0.3, -0.25) is 9.78 Å². The molecule has 1 heterocycles. The van der Waals surface area contributed by atoms with Crippen molar-refractivity contribution in [1.29, 1.82) is 0 Å². The summed E-state index contributed by atoms with van der Waals surface area (Å²) in [6.07, 6.45) is 3.29. The van der Waals surface area contributed by atoms with Gasteiger partial charge in [-0.05, 0) is 39.7 Å². The van der Waals surface area contributed by atoms with Crippen LogP contribution in [0.1, 0.15) is 11.6 Å². The monoisotopic (exact) mass is 335 g/mol. The van der Waals surface area contributed by atoms with Crippen molar-refractivity contribution >= 4 is 27.5 Å². The lowest BCUT2D eigenvalue weighted by atomic mass is 10.1. The van der Waals surface area contributed by atoms with E-state index in [0.717, 1.165) is 10.0 Å². The molecule has 3 N–H and O–H groups in total. The summed E-state index contributed by atoms with van der Waals surface area (Å²) in [7, 11) is 1.57. The minimum Gasteiger partial charge on any atom is -0.497 e. The summed E-state index contributed by atoms with van der Waals surface area (Å²) in [6, 6.07) is 8.38. The van der Waals surface area contributed by atoms with E-state index < -0.39 is 11.9 Å². The molecule has 2 rings (SSSR count). The molecule has 20 heavy (non-hydrogen) atoms.